The molecule has 0 aliphatic carbocycles. The molecule has 0 aromatic rings. The Bertz CT molecular complexity index is 370. The van der Waals surface area contributed by atoms with Crippen LogP contribution in [0.5, 0.6) is 0 Å². The van der Waals surface area contributed by atoms with E-state index in [2.05, 4.69) is 27.4 Å². The van der Waals surface area contributed by atoms with Crippen LogP contribution in [0.15, 0.2) is 4.99 Å². The van der Waals surface area contributed by atoms with Gasteiger partial charge in [-0.25, -0.2) is 4.99 Å². The number of likely N-dealkylation sites (N-methyl/N-ethyl adjacent to an activating group) is 1. The summed E-state index contributed by atoms with van der Waals surface area (Å²) in [5, 5.41) is 6.64. The molecule has 1 rings (SSSR count). The third-order valence-corrected chi connectivity index (χ3v) is 4.27. The number of rotatable bonds is 8. The van der Waals surface area contributed by atoms with Gasteiger partial charge >= 0.3 is 0 Å². The Morgan fingerprint density at radius 1 is 1.26 bits per heavy atom. The first kappa shape index (κ1) is 19.7. The van der Waals surface area contributed by atoms with E-state index in [1.165, 1.54) is 45.2 Å². The molecule has 6 nitrogen and oxygen atoms in total. The van der Waals surface area contributed by atoms with Gasteiger partial charge in [-0.15, -0.1) is 0 Å². The lowest BCUT2D eigenvalue weighted by atomic mass is 10.0. The smallest absolute Gasteiger partial charge is 0.243 e. The Labute approximate surface area is 141 Å². The Morgan fingerprint density at radius 2 is 2.04 bits per heavy atom. The minimum Gasteiger partial charge on any atom is -0.357 e. The monoisotopic (exact) mass is 325 g/mol. The van der Waals surface area contributed by atoms with Crippen molar-refractivity contribution in [3.63, 3.8) is 0 Å². The third kappa shape index (κ3) is 7.68. The predicted octanol–water partition coefficient (Wildman–Crippen LogP) is 1.28. The van der Waals surface area contributed by atoms with Crippen LogP contribution in [-0.4, -0.2) is 74.5 Å². The molecule has 1 aliphatic rings. The van der Waals surface area contributed by atoms with Crippen molar-refractivity contribution < 1.29 is 4.79 Å². The maximum Gasteiger partial charge on any atom is 0.243 e. The summed E-state index contributed by atoms with van der Waals surface area (Å²) in [5.74, 6) is 0.758. The highest BCUT2D eigenvalue weighted by atomic mass is 16.2. The molecule has 1 atom stereocenters. The molecule has 0 spiro atoms. The van der Waals surface area contributed by atoms with Crippen molar-refractivity contribution in [2.75, 3.05) is 46.8 Å². The molecular formula is C17H35N5O. The SMILES string of the molecule is CCCCN1CCCCC1CNC(=NCC(=O)N(C)C)NCC. The van der Waals surface area contributed by atoms with Crippen molar-refractivity contribution in [1.29, 1.82) is 0 Å². The first-order chi connectivity index (χ1) is 11.1. The van der Waals surface area contributed by atoms with Crippen molar-refractivity contribution in [2.45, 2.75) is 52.0 Å². The number of guanidine groups is 1. The first-order valence-electron chi connectivity index (χ1n) is 9.04. The number of nitrogens with zero attached hydrogens (tertiary/aromatic N) is 3. The largest absolute Gasteiger partial charge is 0.357 e. The molecular weight excluding hydrogens is 290 g/mol. The number of likely N-dealkylation sites (tertiary alicyclic amines) is 1. The molecule has 0 bridgehead atoms. The van der Waals surface area contributed by atoms with Crippen LogP contribution in [0.2, 0.25) is 0 Å². The Hall–Kier alpha value is -1.30. The molecule has 0 saturated carbocycles. The Morgan fingerprint density at radius 3 is 2.70 bits per heavy atom. The van der Waals surface area contributed by atoms with Crippen LogP contribution >= 0.6 is 0 Å². The molecule has 1 saturated heterocycles. The zero-order valence-corrected chi connectivity index (χ0v) is 15.4. The average molecular weight is 326 g/mol. The normalized spacial score (nSPS) is 19.5. The molecule has 2 N–H and O–H groups in total. The van der Waals surface area contributed by atoms with Crippen molar-refractivity contribution >= 4 is 11.9 Å². The number of piperidine rings is 1. The molecule has 0 radical (unpaired) electrons. The summed E-state index contributed by atoms with van der Waals surface area (Å²) in [6, 6.07) is 0.573. The molecule has 1 amide bonds. The molecule has 1 aliphatic heterocycles. The van der Waals surface area contributed by atoms with Crippen LogP contribution in [0.4, 0.5) is 0 Å². The van der Waals surface area contributed by atoms with E-state index in [-0.39, 0.29) is 12.5 Å². The number of aliphatic imine (C=N–C) groups is 1. The molecule has 23 heavy (non-hydrogen) atoms. The van der Waals surface area contributed by atoms with Gasteiger partial charge in [0, 0.05) is 33.2 Å². The van der Waals surface area contributed by atoms with Gasteiger partial charge in [-0.1, -0.05) is 19.8 Å². The maximum atomic E-state index is 11.7. The highest BCUT2D eigenvalue weighted by Crippen LogP contribution is 2.16. The second-order valence-corrected chi connectivity index (χ2v) is 6.40. The van der Waals surface area contributed by atoms with Gasteiger partial charge < -0.3 is 15.5 Å². The van der Waals surface area contributed by atoms with Crippen LogP contribution in [0.3, 0.4) is 0 Å². The summed E-state index contributed by atoms with van der Waals surface area (Å²) < 4.78 is 0. The van der Waals surface area contributed by atoms with Crippen molar-refractivity contribution in [3.05, 3.63) is 0 Å². The van der Waals surface area contributed by atoms with Crippen LogP contribution in [0.1, 0.15) is 46.0 Å². The van der Waals surface area contributed by atoms with E-state index in [1.54, 1.807) is 19.0 Å². The molecule has 6 heteroatoms. The van der Waals surface area contributed by atoms with E-state index in [4.69, 9.17) is 0 Å². The Balaban J connectivity index is 2.51. The highest BCUT2D eigenvalue weighted by Gasteiger charge is 2.21. The summed E-state index contributed by atoms with van der Waals surface area (Å²) in [5.41, 5.74) is 0. The molecule has 0 aromatic heterocycles. The zero-order chi connectivity index (χ0) is 17.1. The van der Waals surface area contributed by atoms with Gasteiger partial charge in [-0.05, 0) is 39.3 Å². The number of hydrogen-bond acceptors (Lipinski definition) is 3. The fraction of sp³-hybridized carbons (Fsp3) is 0.882. The molecule has 0 aromatic carbocycles. The average Bonchev–Trinajstić information content (AvgIpc) is 2.55. The summed E-state index contributed by atoms with van der Waals surface area (Å²) in [4.78, 5) is 20.2. The van der Waals surface area contributed by atoms with Gasteiger partial charge in [0.1, 0.15) is 6.54 Å². The zero-order valence-electron chi connectivity index (χ0n) is 15.4. The summed E-state index contributed by atoms with van der Waals surface area (Å²) in [6.45, 7) is 8.56. The minimum absolute atomic E-state index is 0.0180. The van der Waals surface area contributed by atoms with E-state index >= 15 is 0 Å². The quantitative estimate of drug-likeness (QED) is 0.521. The lowest BCUT2D eigenvalue weighted by molar-refractivity contribution is -0.127. The molecule has 134 valence electrons. The van der Waals surface area contributed by atoms with E-state index in [1.807, 2.05) is 6.92 Å². The summed E-state index contributed by atoms with van der Waals surface area (Å²) in [7, 11) is 3.51. The van der Waals surface area contributed by atoms with Crippen LogP contribution in [0.25, 0.3) is 0 Å². The number of hydrogen-bond donors (Lipinski definition) is 2. The van der Waals surface area contributed by atoms with Gasteiger partial charge in [0.25, 0.3) is 0 Å². The van der Waals surface area contributed by atoms with Crippen molar-refractivity contribution in [2.24, 2.45) is 4.99 Å². The van der Waals surface area contributed by atoms with E-state index in [0.717, 1.165) is 19.0 Å². The number of unbranched alkanes of at least 4 members (excludes halogenated alkanes) is 1. The van der Waals surface area contributed by atoms with Gasteiger partial charge in [-0.3, -0.25) is 9.69 Å². The van der Waals surface area contributed by atoms with Crippen LogP contribution in [0, 0.1) is 0 Å². The summed E-state index contributed by atoms with van der Waals surface area (Å²) >= 11 is 0. The first-order valence-corrected chi connectivity index (χ1v) is 9.04. The van der Waals surface area contributed by atoms with Gasteiger partial charge in [0.05, 0.1) is 0 Å². The maximum absolute atomic E-state index is 11.7. The number of nitrogens with one attached hydrogen (secondary N) is 2. The number of carbonyl (C=O) groups excluding carboxylic acids is 1. The van der Waals surface area contributed by atoms with Gasteiger partial charge in [0.2, 0.25) is 5.91 Å². The number of carbonyl (C=O) groups is 1. The second kappa shape index (κ2) is 11.3. The minimum atomic E-state index is 0.0180. The van der Waals surface area contributed by atoms with Gasteiger partial charge in [-0.2, -0.15) is 0 Å². The molecule has 1 heterocycles. The van der Waals surface area contributed by atoms with Crippen molar-refractivity contribution in [1.82, 2.24) is 20.4 Å². The second-order valence-electron chi connectivity index (χ2n) is 6.40. The fourth-order valence-electron chi connectivity index (χ4n) is 2.79. The number of amides is 1. The van der Waals surface area contributed by atoms with Gasteiger partial charge in [0.15, 0.2) is 5.96 Å². The summed E-state index contributed by atoms with van der Waals surface area (Å²) in [6.07, 6.45) is 6.37. The van der Waals surface area contributed by atoms with Crippen molar-refractivity contribution in [3.8, 4) is 0 Å². The van der Waals surface area contributed by atoms with Crippen LogP contribution < -0.4 is 10.6 Å². The van der Waals surface area contributed by atoms with E-state index in [0.29, 0.717) is 6.04 Å². The molecule has 1 fully saturated rings. The highest BCUT2D eigenvalue weighted by molar-refractivity contribution is 5.84. The van der Waals surface area contributed by atoms with E-state index in [9.17, 15) is 4.79 Å². The fourth-order valence-corrected chi connectivity index (χ4v) is 2.79. The lowest BCUT2D eigenvalue weighted by Gasteiger charge is -2.36. The van der Waals surface area contributed by atoms with Crippen LogP contribution in [-0.2, 0) is 4.79 Å². The lowest BCUT2D eigenvalue weighted by Crippen LogP contribution is -2.49. The predicted molar refractivity (Wildman–Crippen MR) is 96.8 cm³/mol. The topological polar surface area (TPSA) is 60.0 Å². The molecule has 1 unspecified atom stereocenters. The van der Waals surface area contributed by atoms with E-state index < -0.39 is 0 Å². The third-order valence-electron chi connectivity index (χ3n) is 4.27. The Kier molecular flexibility index (Phi) is 9.67. The standard InChI is InChI=1S/C17H35N5O/c1-5-7-11-22-12-9-8-10-15(22)13-19-17(18-6-2)20-14-16(23)21(3)4/h15H,5-14H2,1-4H3,(H2,18,19,20).